The molecule has 1 aromatic carbocycles. The molecular formula is C14H19NO4. The second-order valence-corrected chi connectivity index (χ2v) is 4.39. The Labute approximate surface area is 112 Å². The topological polar surface area (TPSA) is 59.0 Å². The minimum Gasteiger partial charge on any atom is -0.494 e. The summed E-state index contributed by atoms with van der Waals surface area (Å²) >= 11 is 0. The summed E-state index contributed by atoms with van der Waals surface area (Å²) in [5, 5.41) is 9.44. The first kappa shape index (κ1) is 13.8. The first-order valence-electron chi connectivity index (χ1n) is 6.49. The lowest BCUT2D eigenvalue weighted by Crippen LogP contribution is -2.42. The van der Waals surface area contributed by atoms with E-state index < -0.39 is 12.0 Å². The van der Waals surface area contributed by atoms with Gasteiger partial charge in [-0.15, -0.1) is 0 Å². The lowest BCUT2D eigenvalue weighted by molar-refractivity contribution is -0.145. The highest BCUT2D eigenvalue weighted by Gasteiger charge is 2.28. The Balaban J connectivity index is 2.15. The fourth-order valence-corrected chi connectivity index (χ4v) is 2.26. The number of carbonyl (C=O) groups is 1. The van der Waals surface area contributed by atoms with Gasteiger partial charge < -0.3 is 14.6 Å². The second kappa shape index (κ2) is 6.54. The van der Waals surface area contributed by atoms with Gasteiger partial charge in [-0.3, -0.25) is 9.69 Å². The van der Waals surface area contributed by atoms with Gasteiger partial charge in [-0.2, -0.15) is 0 Å². The van der Waals surface area contributed by atoms with Crippen molar-refractivity contribution >= 4 is 5.97 Å². The molecule has 1 fully saturated rings. The van der Waals surface area contributed by atoms with Crippen LogP contribution in [-0.4, -0.2) is 48.9 Å². The third-order valence-electron chi connectivity index (χ3n) is 3.15. The smallest absolute Gasteiger partial charge is 0.325 e. The normalized spacial score (nSPS) is 17.9. The van der Waals surface area contributed by atoms with E-state index in [9.17, 15) is 9.90 Å². The van der Waals surface area contributed by atoms with E-state index >= 15 is 0 Å². The summed E-state index contributed by atoms with van der Waals surface area (Å²) in [6.45, 7) is 4.98. The van der Waals surface area contributed by atoms with Gasteiger partial charge in [0.15, 0.2) is 0 Å². The minimum absolute atomic E-state index is 0.584. The summed E-state index contributed by atoms with van der Waals surface area (Å²) in [4.78, 5) is 13.4. The van der Waals surface area contributed by atoms with Gasteiger partial charge in [-0.05, 0) is 24.6 Å². The van der Waals surface area contributed by atoms with Gasteiger partial charge in [0.25, 0.3) is 0 Å². The lowest BCUT2D eigenvalue weighted by atomic mass is 10.0. The van der Waals surface area contributed by atoms with Gasteiger partial charge in [-0.1, -0.05) is 12.1 Å². The third kappa shape index (κ3) is 3.45. The van der Waals surface area contributed by atoms with E-state index in [4.69, 9.17) is 9.47 Å². The van der Waals surface area contributed by atoms with Gasteiger partial charge in [0.1, 0.15) is 11.8 Å². The van der Waals surface area contributed by atoms with Gasteiger partial charge >= 0.3 is 5.97 Å². The van der Waals surface area contributed by atoms with Crippen LogP contribution in [0, 0.1) is 0 Å². The molecule has 0 aliphatic carbocycles. The van der Waals surface area contributed by atoms with Crippen LogP contribution < -0.4 is 4.74 Å². The fourth-order valence-electron chi connectivity index (χ4n) is 2.26. The highest BCUT2D eigenvalue weighted by Crippen LogP contribution is 2.24. The van der Waals surface area contributed by atoms with Crippen molar-refractivity contribution in [2.24, 2.45) is 0 Å². The molecule has 0 bridgehead atoms. The van der Waals surface area contributed by atoms with E-state index in [1.54, 1.807) is 0 Å². The van der Waals surface area contributed by atoms with Crippen LogP contribution in [0.3, 0.4) is 0 Å². The second-order valence-electron chi connectivity index (χ2n) is 4.39. The number of morpholine rings is 1. The maximum Gasteiger partial charge on any atom is 0.325 e. The standard InChI is InChI=1S/C14H19NO4/c1-2-19-12-5-3-11(4-6-12)13(14(16)17)15-7-9-18-10-8-15/h3-6,13H,2,7-10H2,1H3,(H,16,17). The lowest BCUT2D eigenvalue weighted by Gasteiger charge is -2.32. The van der Waals surface area contributed by atoms with Crippen molar-refractivity contribution in [3.8, 4) is 5.75 Å². The van der Waals surface area contributed by atoms with Crippen molar-refractivity contribution in [2.45, 2.75) is 13.0 Å². The van der Waals surface area contributed by atoms with Crippen LogP contribution in [0.25, 0.3) is 0 Å². The summed E-state index contributed by atoms with van der Waals surface area (Å²) in [6, 6.07) is 6.66. The molecule has 1 aliphatic rings. The zero-order chi connectivity index (χ0) is 13.7. The Kier molecular flexibility index (Phi) is 4.76. The number of aliphatic carboxylic acids is 1. The summed E-state index contributed by atoms with van der Waals surface area (Å²) in [5.41, 5.74) is 0.776. The highest BCUT2D eigenvalue weighted by molar-refractivity contribution is 5.75. The molecule has 1 N–H and O–H groups in total. The molecule has 1 aliphatic heterocycles. The van der Waals surface area contributed by atoms with Crippen LogP contribution in [-0.2, 0) is 9.53 Å². The number of carboxylic acid groups (broad SMARTS) is 1. The predicted octanol–water partition coefficient (Wildman–Crippen LogP) is 1.54. The Morgan fingerprint density at radius 3 is 2.53 bits per heavy atom. The number of nitrogens with zero attached hydrogens (tertiary/aromatic N) is 1. The fraction of sp³-hybridized carbons (Fsp3) is 0.500. The van der Waals surface area contributed by atoms with Crippen molar-refractivity contribution in [1.29, 1.82) is 0 Å². The Hall–Kier alpha value is -1.59. The zero-order valence-corrected chi connectivity index (χ0v) is 11.0. The molecular weight excluding hydrogens is 246 g/mol. The average Bonchev–Trinajstić information content (AvgIpc) is 2.42. The molecule has 0 saturated carbocycles. The molecule has 104 valence electrons. The van der Waals surface area contributed by atoms with Crippen molar-refractivity contribution in [3.63, 3.8) is 0 Å². The van der Waals surface area contributed by atoms with Crippen LogP contribution in [0.4, 0.5) is 0 Å². The van der Waals surface area contributed by atoms with Crippen molar-refractivity contribution in [3.05, 3.63) is 29.8 Å². The molecule has 1 atom stereocenters. The van der Waals surface area contributed by atoms with Gasteiger partial charge in [-0.25, -0.2) is 0 Å². The van der Waals surface area contributed by atoms with E-state index in [-0.39, 0.29) is 0 Å². The molecule has 0 amide bonds. The van der Waals surface area contributed by atoms with Gasteiger partial charge in [0, 0.05) is 13.1 Å². The van der Waals surface area contributed by atoms with Crippen LogP contribution in [0.15, 0.2) is 24.3 Å². The summed E-state index contributed by atoms with van der Waals surface area (Å²) in [7, 11) is 0. The molecule has 5 nitrogen and oxygen atoms in total. The van der Waals surface area contributed by atoms with E-state index in [0.717, 1.165) is 11.3 Å². The number of carboxylic acids is 1. The molecule has 1 heterocycles. The van der Waals surface area contributed by atoms with E-state index in [1.165, 1.54) is 0 Å². The number of rotatable bonds is 5. The van der Waals surface area contributed by atoms with Crippen molar-refractivity contribution in [2.75, 3.05) is 32.9 Å². The SMILES string of the molecule is CCOc1ccc(C(C(=O)O)N2CCOCC2)cc1. The largest absolute Gasteiger partial charge is 0.494 e. The van der Waals surface area contributed by atoms with Crippen LogP contribution in [0.1, 0.15) is 18.5 Å². The summed E-state index contributed by atoms with van der Waals surface area (Å²) in [5.74, 6) is -0.0663. The number of ether oxygens (including phenoxy) is 2. The first-order valence-corrected chi connectivity index (χ1v) is 6.49. The molecule has 1 unspecified atom stereocenters. The zero-order valence-electron chi connectivity index (χ0n) is 11.0. The molecule has 2 rings (SSSR count). The molecule has 0 spiro atoms. The minimum atomic E-state index is -0.828. The maximum atomic E-state index is 11.5. The van der Waals surface area contributed by atoms with Crippen molar-refractivity contribution in [1.82, 2.24) is 4.90 Å². The summed E-state index contributed by atoms with van der Waals surface area (Å²) in [6.07, 6.45) is 0. The van der Waals surface area contributed by atoms with Crippen LogP contribution in [0.2, 0.25) is 0 Å². The molecule has 1 aromatic rings. The Morgan fingerprint density at radius 2 is 2.00 bits per heavy atom. The average molecular weight is 265 g/mol. The highest BCUT2D eigenvalue weighted by atomic mass is 16.5. The quantitative estimate of drug-likeness (QED) is 0.875. The maximum absolute atomic E-state index is 11.5. The number of hydrogen-bond acceptors (Lipinski definition) is 4. The molecule has 0 aromatic heterocycles. The Morgan fingerprint density at radius 1 is 1.37 bits per heavy atom. The number of benzene rings is 1. The van der Waals surface area contributed by atoms with E-state index in [0.29, 0.717) is 32.9 Å². The first-order chi connectivity index (χ1) is 9.22. The van der Waals surface area contributed by atoms with E-state index in [2.05, 4.69) is 0 Å². The monoisotopic (exact) mass is 265 g/mol. The molecule has 1 saturated heterocycles. The van der Waals surface area contributed by atoms with Crippen LogP contribution in [0.5, 0.6) is 5.75 Å². The predicted molar refractivity (Wildman–Crippen MR) is 70.4 cm³/mol. The molecule has 19 heavy (non-hydrogen) atoms. The third-order valence-corrected chi connectivity index (χ3v) is 3.15. The molecule has 5 heteroatoms. The van der Waals surface area contributed by atoms with Crippen molar-refractivity contribution < 1.29 is 19.4 Å². The van der Waals surface area contributed by atoms with Gasteiger partial charge in [0.2, 0.25) is 0 Å². The van der Waals surface area contributed by atoms with Crippen LogP contribution >= 0.6 is 0 Å². The van der Waals surface area contributed by atoms with E-state index in [1.807, 2.05) is 36.1 Å². The summed E-state index contributed by atoms with van der Waals surface area (Å²) < 4.78 is 10.6. The molecule has 0 radical (unpaired) electrons. The Bertz CT molecular complexity index is 412. The number of hydrogen-bond donors (Lipinski definition) is 1. The van der Waals surface area contributed by atoms with Gasteiger partial charge in [0.05, 0.1) is 19.8 Å².